The molecule has 0 spiro atoms. The van der Waals surface area contributed by atoms with Crippen molar-refractivity contribution in [1.29, 1.82) is 0 Å². The van der Waals surface area contributed by atoms with E-state index in [0.29, 0.717) is 11.1 Å². The Balaban J connectivity index is 1.59. The molecule has 0 bridgehead atoms. The Morgan fingerprint density at radius 2 is 1.86 bits per heavy atom. The normalized spacial score (nSPS) is 11.5. The van der Waals surface area contributed by atoms with Gasteiger partial charge in [0.05, 0.1) is 5.75 Å². The highest BCUT2D eigenvalue weighted by molar-refractivity contribution is 14.1. The first-order valence-electron chi connectivity index (χ1n) is 8.85. The Morgan fingerprint density at radius 3 is 2.50 bits per heavy atom. The van der Waals surface area contributed by atoms with Crippen molar-refractivity contribution in [3.05, 3.63) is 57.2 Å². The molecule has 0 fully saturated rings. The van der Waals surface area contributed by atoms with E-state index in [4.69, 9.17) is 4.42 Å². The first kappa shape index (κ1) is 20.9. The molecule has 28 heavy (non-hydrogen) atoms. The third-order valence-electron chi connectivity index (χ3n) is 4.19. The van der Waals surface area contributed by atoms with E-state index in [1.807, 2.05) is 37.3 Å². The van der Waals surface area contributed by atoms with Crippen LogP contribution in [0.5, 0.6) is 0 Å². The summed E-state index contributed by atoms with van der Waals surface area (Å²) in [6.07, 6.45) is 0. The Kier molecular flexibility index (Phi) is 6.44. The number of thioether (sulfide) groups is 1. The first-order valence-corrected chi connectivity index (χ1v) is 10.9. The second-order valence-corrected chi connectivity index (χ2v) is 9.67. The Labute approximate surface area is 182 Å². The van der Waals surface area contributed by atoms with Gasteiger partial charge in [0.15, 0.2) is 0 Å². The lowest BCUT2D eigenvalue weighted by atomic mass is 9.87. The summed E-state index contributed by atoms with van der Waals surface area (Å²) in [4.78, 5) is 12.2. The maximum Gasteiger partial charge on any atom is 0.277 e. The van der Waals surface area contributed by atoms with E-state index in [9.17, 15) is 4.79 Å². The van der Waals surface area contributed by atoms with Crippen LogP contribution >= 0.6 is 34.4 Å². The molecule has 0 radical (unpaired) electrons. The van der Waals surface area contributed by atoms with Crippen LogP contribution in [0.25, 0.3) is 11.5 Å². The standard InChI is InChI=1S/C21H22IN3O2S/c1-13-11-16(22)9-10-17(13)23-18(26)12-28-20-25-24-19(27-20)14-5-7-15(8-6-14)21(2,3)4/h5-11H,12H2,1-4H3,(H,23,26). The number of anilines is 1. The van der Waals surface area contributed by atoms with Crippen molar-refractivity contribution >= 4 is 45.9 Å². The molecule has 1 amide bonds. The predicted octanol–water partition coefficient (Wildman–Crippen LogP) is 5.68. The molecule has 3 aromatic rings. The van der Waals surface area contributed by atoms with Crippen LogP contribution in [0.1, 0.15) is 31.9 Å². The summed E-state index contributed by atoms with van der Waals surface area (Å²) < 4.78 is 6.83. The molecule has 1 aromatic heterocycles. The summed E-state index contributed by atoms with van der Waals surface area (Å²) in [5.74, 6) is 0.552. The quantitative estimate of drug-likeness (QED) is 0.356. The molecule has 1 heterocycles. The smallest absolute Gasteiger partial charge is 0.277 e. The number of carbonyl (C=O) groups is 1. The summed E-state index contributed by atoms with van der Waals surface area (Å²) in [6, 6.07) is 14.0. The molecular weight excluding hydrogens is 485 g/mol. The topological polar surface area (TPSA) is 68.0 Å². The van der Waals surface area contributed by atoms with E-state index in [1.165, 1.54) is 17.3 Å². The van der Waals surface area contributed by atoms with Crippen LogP contribution in [0.3, 0.4) is 0 Å². The third-order valence-corrected chi connectivity index (χ3v) is 5.68. The van der Waals surface area contributed by atoms with E-state index < -0.39 is 0 Å². The maximum atomic E-state index is 12.2. The van der Waals surface area contributed by atoms with Crippen LogP contribution in [0.4, 0.5) is 5.69 Å². The fraction of sp³-hybridized carbons (Fsp3) is 0.286. The van der Waals surface area contributed by atoms with Gasteiger partial charge in [-0.1, -0.05) is 44.7 Å². The minimum Gasteiger partial charge on any atom is -0.411 e. The molecule has 3 rings (SSSR count). The fourth-order valence-corrected chi connectivity index (χ4v) is 3.79. The average molecular weight is 507 g/mol. The molecule has 0 atom stereocenters. The van der Waals surface area contributed by atoms with Gasteiger partial charge in [-0.15, -0.1) is 10.2 Å². The van der Waals surface area contributed by atoms with Gasteiger partial charge in [0.2, 0.25) is 11.8 Å². The van der Waals surface area contributed by atoms with E-state index in [0.717, 1.165) is 20.4 Å². The summed E-state index contributed by atoms with van der Waals surface area (Å²) in [5, 5.41) is 11.4. The molecule has 5 nitrogen and oxygen atoms in total. The number of benzene rings is 2. The second kappa shape index (κ2) is 8.65. The Morgan fingerprint density at radius 1 is 1.14 bits per heavy atom. The summed E-state index contributed by atoms with van der Waals surface area (Å²) in [7, 11) is 0. The van der Waals surface area contributed by atoms with Gasteiger partial charge in [0.1, 0.15) is 0 Å². The van der Waals surface area contributed by atoms with Crippen LogP contribution in [0, 0.1) is 10.5 Å². The monoisotopic (exact) mass is 507 g/mol. The van der Waals surface area contributed by atoms with Crippen molar-refractivity contribution in [2.24, 2.45) is 0 Å². The molecule has 0 saturated carbocycles. The molecule has 0 unspecified atom stereocenters. The zero-order valence-electron chi connectivity index (χ0n) is 16.2. The van der Waals surface area contributed by atoms with Crippen LogP contribution in [-0.4, -0.2) is 21.9 Å². The number of hydrogen-bond donors (Lipinski definition) is 1. The zero-order valence-corrected chi connectivity index (χ0v) is 19.2. The maximum absolute atomic E-state index is 12.2. The number of carbonyl (C=O) groups excluding carboxylic acids is 1. The molecule has 7 heteroatoms. The first-order chi connectivity index (χ1) is 13.2. The van der Waals surface area contributed by atoms with Crippen LogP contribution in [-0.2, 0) is 10.2 Å². The summed E-state index contributed by atoms with van der Waals surface area (Å²) in [5.41, 5.74) is 4.05. The fourth-order valence-electron chi connectivity index (χ4n) is 2.58. The molecular formula is C21H22IN3O2S. The van der Waals surface area contributed by atoms with Gasteiger partial charge < -0.3 is 9.73 Å². The highest BCUT2D eigenvalue weighted by atomic mass is 127. The number of hydrogen-bond acceptors (Lipinski definition) is 5. The van der Waals surface area contributed by atoms with Crippen molar-refractivity contribution in [1.82, 2.24) is 10.2 Å². The van der Waals surface area contributed by atoms with Gasteiger partial charge in [-0.05, 0) is 76.4 Å². The van der Waals surface area contributed by atoms with Gasteiger partial charge in [0.25, 0.3) is 5.22 Å². The molecule has 0 aliphatic heterocycles. The summed E-state index contributed by atoms with van der Waals surface area (Å²) >= 11 is 3.47. The minimum absolute atomic E-state index is 0.0944. The number of amides is 1. The van der Waals surface area contributed by atoms with E-state index in [1.54, 1.807) is 0 Å². The number of halogens is 1. The zero-order chi connectivity index (χ0) is 20.3. The number of rotatable bonds is 5. The molecule has 0 saturated heterocycles. The Bertz CT molecular complexity index is 978. The predicted molar refractivity (Wildman–Crippen MR) is 122 cm³/mol. The third kappa shape index (κ3) is 5.35. The van der Waals surface area contributed by atoms with Gasteiger partial charge >= 0.3 is 0 Å². The van der Waals surface area contributed by atoms with Gasteiger partial charge in [0, 0.05) is 14.8 Å². The Hall–Kier alpha value is -1.87. The van der Waals surface area contributed by atoms with Crippen LogP contribution in [0.2, 0.25) is 0 Å². The van der Waals surface area contributed by atoms with Gasteiger partial charge in [-0.25, -0.2) is 0 Å². The van der Waals surface area contributed by atoms with Crippen molar-refractivity contribution < 1.29 is 9.21 Å². The van der Waals surface area contributed by atoms with E-state index in [2.05, 4.69) is 71.0 Å². The average Bonchev–Trinajstić information content (AvgIpc) is 3.11. The minimum atomic E-state index is -0.108. The van der Waals surface area contributed by atoms with Crippen molar-refractivity contribution in [3.8, 4) is 11.5 Å². The molecule has 1 N–H and O–H groups in total. The van der Waals surface area contributed by atoms with Crippen LogP contribution < -0.4 is 5.32 Å². The molecule has 0 aliphatic rings. The largest absolute Gasteiger partial charge is 0.411 e. The van der Waals surface area contributed by atoms with Gasteiger partial charge in [-0.3, -0.25) is 4.79 Å². The van der Waals surface area contributed by atoms with Crippen molar-refractivity contribution in [3.63, 3.8) is 0 Å². The lowest BCUT2D eigenvalue weighted by molar-refractivity contribution is -0.113. The lowest BCUT2D eigenvalue weighted by Crippen LogP contribution is -2.14. The lowest BCUT2D eigenvalue weighted by Gasteiger charge is -2.18. The SMILES string of the molecule is Cc1cc(I)ccc1NC(=O)CSc1nnc(-c2ccc(C(C)(C)C)cc2)o1. The second-order valence-electron chi connectivity index (χ2n) is 7.50. The van der Waals surface area contributed by atoms with E-state index >= 15 is 0 Å². The summed E-state index contributed by atoms with van der Waals surface area (Å²) in [6.45, 7) is 8.49. The van der Waals surface area contributed by atoms with E-state index in [-0.39, 0.29) is 17.1 Å². The highest BCUT2D eigenvalue weighted by Crippen LogP contribution is 2.27. The molecule has 146 valence electrons. The molecule has 2 aromatic carbocycles. The number of aromatic nitrogens is 2. The van der Waals surface area contributed by atoms with Crippen LogP contribution in [0.15, 0.2) is 52.1 Å². The van der Waals surface area contributed by atoms with Crippen molar-refractivity contribution in [2.45, 2.75) is 38.3 Å². The van der Waals surface area contributed by atoms with Gasteiger partial charge in [-0.2, -0.15) is 0 Å². The molecule has 0 aliphatic carbocycles. The highest BCUT2D eigenvalue weighted by Gasteiger charge is 2.15. The number of nitrogens with zero attached hydrogens (tertiary/aromatic N) is 2. The van der Waals surface area contributed by atoms with Crippen molar-refractivity contribution in [2.75, 3.05) is 11.1 Å². The number of nitrogens with one attached hydrogen (secondary N) is 1. The number of aryl methyl sites for hydroxylation is 1.